The molecule has 1 rings (SSSR count). The summed E-state index contributed by atoms with van der Waals surface area (Å²) in [4.78, 5) is 26.6. The van der Waals surface area contributed by atoms with E-state index in [-0.39, 0.29) is 18.2 Å². The minimum Gasteiger partial charge on any atom is -0.370 e. The smallest absolute Gasteiger partial charge is 0.217 e. The highest BCUT2D eigenvalue weighted by molar-refractivity contribution is 7.11. The number of carbonyl (C=O) groups excluding carboxylic acids is 2. The van der Waals surface area contributed by atoms with Crippen molar-refractivity contribution < 1.29 is 9.59 Å². The molecular formula is C10H15N5O2S. The van der Waals surface area contributed by atoms with Gasteiger partial charge in [0, 0.05) is 18.0 Å². The Morgan fingerprint density at radius 1 is 1.50 bits per heavy atom. The number of guanidine groups is 1. The molecule has 1 amide bonds. The Labute approximate surface area is 108 Å². The van der Waals surface area contributed by atoms with Gasteiger partial charge in [0.15, 0.2) is 11.0 Å². The molecule has 0 aromatic carbocycles. The molecule has 0 saturated heterocycles. The van der Waals surface area contributed by atoms with Gasteiger partial charge >= 0.3 is 0 Å². The number of amides is 1. The second-order valence-electron chi connectivity index (χ2n) is 3.67. The van der Waals surface area contributed by atoms with Crippen molar-refractivity contribution in [3.8, 4) is 0 Å². The first-order valence-corrected chi connectivity index (χ1v) is 6.21. The molecule has 0 aliphatic carbocycles. The predicted octanol–water partition coefficient (Wildman–Crippen LogP) is -0.167. The average molecular weight is 269 g/mol. The van der Waals surface area contributed by atoms with Crippen molar-refractivity contribution in [2.24, 2.45) is 11.5 Å². The van der Waals surface area contributed by atoms with Gasteiger partial charge in [-0.3, -0.25) is 15.0 Å². The van der Waals surface area contributed by atoms with Crippen molar-refractivity contribution in [3.63, 3.8) is 0 Å². The molecule has 1 aromatic heterocycles. The van der Waals surface area contributed by atoms with E-state index < -0.39 is 11.9 Å². The molecule has 6 N–H and O–H groups in total. The number of ketones is 1. The van der Waals surface area contributed by atoms with Crippen LogP contribution in [-0.4, -0.2) is 28.7 Å². The molecule has 0 fully saturated rings. The Hall–Kier alpha value is -1.96. The summed E-state index contributed by atoms with van der Waals surface area (Å²) in [6.07, 6.45) is 2.56. The third-order valence-corrected chi connectivity index (χ3v) is 2.99. The van der Waals surface area contributed by atoms with Crippen LogP contribution in [0.2, 0.25) is 0 Å². The van der Waals surface area contributed by atoms with Crippen molar-refractivity contribution >= 4 is 29.0 Å². The summed E-state index contributed by atoms with van der Waals surface area (Å²) in [5, 5.41) is 11.8. The minimum atomic E-state index is -0.645. The summed E-state index contributed by atoms with van der Waals surface area (Å²) in [6, 6.07) is -0.645. The molecule has 18 heavy (non-hydrogen) atoms. The maximum absolute atomic E-state index is 12.0. The molecule has 0 aliphatic rings. The van der Waals surface area contributed by atoms with E-state index in [9.17, 15) is 9.59 Å². The molecule has 1 atom stereocenters. The van der Waals surface area contributed by atoms with Gasteiger partial charge < -0.3 is 16.8 Å². The van der Waals surface area contributed by atoms with Crippen LogP contribution in [0, 0.1) is 5.41 Å². The van der Waals surface area contributed by atoms with E-state index in [0.717, 1.165) is 0 Å². The highest BCUT2D eigenvalue weighted by Gasteiger charge is 2.22. The Morgan fingerprint density at radius 2 is 2.22 bits per heavy atom. The lowest BCUT2D eigenvalue weighted by molar-refractivity contribution is -0.118. The SMILES string of the molecule is N=C(N)NC(CCCC(N)=O)C(=O)c1nccs1. The Kier molecular flexibility index (Phi) is 5.25. The summed E-state index contributed by atoms with van der Waals surface area (Å²) >= 11 is 1.22. The lowest BCUT2D eigenvalue weighted by atomic mass is 10.1. The van der Waals surface area contributed by atoms with E-state index >= 15 is 0 Å². The molecule has 0 saturated carbocycles. The van der Waals surface area contributed by atoms with Gasteiger partial charge in [-0.2, -0.15) is 0 Å². The number of aromatic nitrogens is 1. The maximum atomic E-state index is 12.0. The van der Waals surface area contributed by atoms with Gasteiger partial charge in [-0.1, -0.05) is 0 Å². The molecule has 1 heterocycles. The lowest BCUT2D eigenvalue weighted by Crippen LogP contribution is -2.44. The quantitative estimate of drug-likeness (QED) is 0.310. The number of rotatable bonds is 7. The van der Waals surface area contributed by atoms with Crippen LogP contribution in [0.5, 0.6) is 0 Å². The van der Waals surface area contributed by atoms with Crippen LogP contribution in [0.15, 0.2) is 11.6 Å². The van der Waals surface area contributed by atoms with Crippen molar-refractivity contribution in [1.82, 2.24) is 10.3 Å². The van der Waals surface area contributed by atoms with Crippen molar-refractivity contribution in [2.75, 3.05) is 0 Å². The third-order valence-electron chi connectivity index (χ3n) is 2.21. The average Bonchev–Trinajstić information content (AvgIpc) is 2.79. The largest absolute Gasteiger partial charge is 0.370 e. The number of nitrogens with zero attached hydrogens (tertiary/aromatic N) is 1. The van der Waals surface area contributed by atoms with E-state index in [4.69, 9.17) is 16.9 Å². The molecule has 0 aliphatic heterocycles. The van der Waals surface area contributed by atoms with Gasteiger partial charge in [0.25, 0.3) is 0 Å². The second-order valence-corrected chi connectivity index (χ2v) is 4.57. The van der Waals surface area contributed by atoms with Crippen LogP contribution in [0.25, 0.3) is 0 Å². The monoisotopic (exact) mass is 269 g/mol. The predicted molar refractivity (Wildman–Crippen MR) is 68.3 cm³/mol. The van der Waals surface area contributed by atoms with E-state index in [2.05, 4.69) is 10.3 Å². The number of thiazole rings is 1. The zero-order chi connectivity index (χ0) is 13.5. The third kappa shape index (κ3) is 4.50. The summed E-state index contributed by atoms with van der Waals surface area (Å²) in [6.45, 7) is 0. The number of hydrogen-bond donors (Lipinski definition) is 4. The molecule has 7 nitrogen and oxygen atoms in total. The minimum absolute atomic E-state index is 0.196. The van der Waals surface area contributed by atoms with E-state index in [1.807, 2.05) is 0 Å². The Morgan fingerprint density at radius 3 is 2.72 bits per heavy atom. The van der Waals surface area contributed by atoms with Gasteiger partial charge in [-0.15, -0.1) is 11.3 Å². The molecular weight excluding hydrogens is 254 g/mol. The molecule has 1 unspecified atom stereocenters. The number of nitrogens with one attached hydrogen (secondary N) is 2. The maximum Gasteiger partial charge on any atom is 0.217 e. The first-order chi connectivity index (χ1) is 8.50. The summed E-state index contributed by atoms with van der Waals surface area (Å²) < 4.78 is 0. The number of nitrogens with two attached hydrogens (primary N) is 2. The molecule has 8 heteroatoms. The number of carbonyl (C=O) groups is 2. The van der Waals surface area contributed by atoms with Gasteiger partial charge in [-0.05, 0) is 12.8 Å². The standard InChI is InChI=1S/C10H15N5O2S/c11-7(16)3-1-2-6(15-10(12)13)8(17)9-14-4-5-18-9/h4-6H,1-3H2,(H2,11,16)(H4,12,13,15). The van der Waals surface area contributed by atoms with Crippen molar-refractivity contribution in [2.45, 2.75) is 25.3 Å². The topological polar surface area (TPSA) is 135 Å². The zero-order valence-electron chi connectivity index (χ0n) is 9.68. The first-order valence-electron chi connectivity index (χ1n) is 5.33. The Bertz CT molecular complexity index is 431. The fraction of sp³-hybridized carbons (Fsp3) is 0.400. The normalized spacial score (nSPS) is 11.8. The van der Waals surface area contributed by atoms with Gasteiger partial charge in [0.2, 0.25) is 11.7 Å². The van der Waals surface area contributed by atoms with E-state index in [0.29, 0.717) is 17.8 Å². The van der Waals surface area contributed by atoms with E-state index in [1.54, 1.807) is 5.38 Å². The fourth-order valence-corrected chi connectivity index (χ4v) is 2.06. The molecule has 0 radical (unpaired) electrons. The van der Waals surface area contributed by atoms with Crippen LogP contribution in [-0.2, 0) is 4.79 Å². The number of hydrogen-bond acceptors (Lipinski definition) is 5. The molecule has 0 bridgehead atoms. The molecule has 1 aromatic rings. The van der Waals surface area contributed by atoms with Crippen LogP contribution in [0.1, 0.15) is 29.1 Å². The summed E-state index contributed by atoms with van der Waals surface area (Å²) in [5.41, 5.74) is 10.3. The number of primary amides is 1. The van der Waals surface area contributed by atoms with Crippen LogP contribution in [0.4, 0.5) is 0 Å². The highest BCUT2D eigenvalue weighted by atomic mass is 32.1. The van der Waals surface area contributed by atoms with Crippen molar-refractivity contribution in [1.29, 1.82) is 5.41 Å². The zero-order valence-corrected chi connectivity index (χ0v) is 10.5. The van der Waals surface area contributed by atoms with E-state index in [1.165, 1.54) is 17.5 Å². The first kappa shape index (κ1) is 14.1. The summed E-state index contributed by atoms with van der Waals surface area (Å²) in [5.74, 6) is -0.938. The second kappa shape index (κ2) is 6.70. The van der Waals surface area contributed by atoms with Crippen LogP contribution in [0.3, 0.4) is 0 Å². The van der Waals surface area contributed by atoms with Crippen LogP contribution >= 0.6 is 11.3 Å². The van der Waals surface area contributed by atoms with Gasteiger partial charge in [0.1, 0.15) is 0 Å². The van der Waals surface area contributed by atoms with Gasteiger partial charge in [-0.25, -0.2) is 4.98 Å². The summed E-state index contributed by atoms with van der Waals surface area (Å²) in [7, 11) is 0. The van der Waals surface area contributed by atoms with Gasteiger partial charge in [0.05, 0.1) is 6.04 Å². The molecule has 0 spiro atoms. The highest BCUT2D eigenvalue weighted by Crippen LogP contribution is 2.11. The van der Waals surface area contributed by atoms with Crippen molar-refractivity contribution in [3.05, 3.63) is 16.6 Å². The molecule has 98 valence electrons. The number of Topliss-reactive ketones (excluding diaryl/α,β-unsaturated/α-hetero) is 1. The van der Waals surface area contributed by atoms with Crippen LogP contribution < -0.4 is 16.8 Å². The Balaban J connectivity index is 2.62. The fourth-order valence-electron chi connectivity index (χ4n) is 1.43. The lowest BCUT2D eigenvalue weighted by Gasteiger charge is -2.15.